The molecule has 4 nitrogen and oxygen atoms in total. The number of carbonyl (C=O) groups excluding carboxylic acids is 1. The Morgan fingerprint density at radius 1 is 1.33 bits per heavy atom. The second-order valence-corrected chi connectivity index (χ2v) is 6.60. The summed E-state index contributed by atoms with van der Waals surface area (Å²) in [6, 6.07) is 6.21. The van der Waals surface area contributed by atoms with Crippen molar-refractivity contribution in [3.05, 3.63) is 34.9 Å². The fourth-order valence-corrected chi connectivity index (χ4v) is 3.61. The van der Waals surface area contributed by atoms with Crippen LogP contribution in [0.25, 0.3) is 0 Å². The van der Waals surface area contributed by atoms with Crippen molar-refractivity contribution in [3.8, 4) is 0 Å². The highest BCUT2D eigenvalue weighted by Gasteiger charge is 2.35. The molecule has 1 N–H and O–H groups in total. The monoisotopic (exact) mass is 288 g/mol. The predicted molar refractivity (Wildman–Crippen MR) is 82.5 cm³/mol. The fourth-order valence-electron chi connectivity index (χ4n) is 3.61. The van der Waals surface area contributed by atoms with Gasteiger partial charge in [-0.2, -0.15) is 0 Å². The topological polar surface area (TPSA) is 43.8 Å². The van der Waals surface area contributed by atoms with Crippen LogP contribution in [-0.2, 0) is 12.8 Å². The summed E-state index contributed by atoms with van der Waals surface area (Å²) < 4.78 is 0. The minimum absolute atomic E-state index is 0.0631. The molecule has 2 aliphatic rings. The predicted octanol–water partition coefficient (Wildman–Crippen LogP) is 1.31. The van der Waals surface area contributed by atoms with E-state index in [0.29, 0.717) is 13.0 Å². The van der Waals surface area contributed by atoms with Crippen LogP contribution in [0.3, 0.4) is 0 Å². The van der Waals surface area contributed by atoms with E-state index in [9.17, 15) is 9.90 Å². The van der Waals surface area contributed by atoms with Gasteiger partial charge < -0.3 is 14.9 Å². The van der Waals surface area contributed by atoms with E-state index in [4.69, 9.17) is 0 Å². The van der Waals surface area contributed by atoms with Crippen molar-refractivity contribution in [2.24, 2.45) is 0 Å². The van der Waals surface area contributed by atoms with Crippen LogP contribution in [0.5, 0.6) is 0 Å². The normalized spacial score (nSPS) is 24.7. The Morgan fingerprint density at radius 2 is 2.10 bits per heavy atom. The summed E-state index contributed by atoms with van der Waals surface area (Å²) in [7, 11) is 4.01. The van der Waals surface area contributed by atoms with Crippen LogP contribution >= 0.6 is 0 Å². The van der Waals surface area contributed by atoms with E-state index in [1.165, 1.54) is 17.5 Å². The molecule has 3 rings (SSSR count). The number of nitrogens with zero attached hydrogens (tertiary/aromatic N) is 2. The first kappa shape index (κ1) is 14.5. The van der Waals surface area contributed by atoms with Crippen LogP contribution in [0.15, 0.2) is 18.2 Å². The van der Waals surface area contributed by atoms with Gasteiger partial charge in [-0.15, -0.1) is 0 Å². The largest absolute Gasteiger partial charge is 0.391 e. The molecule has 0 radical (unpaired) electrons. The zero-order valence-electron chi connectivity index (χ0n) is 12.9. The summed E-state index contributed by atoms with van der Waals surface area (Å²) in [4.78, 5) is 16.7. The molecule has 1 aromatic carbocycles. The minimum Gasteiger partial charge on any atom is -0.391 e. The van der Waals surface area contributed by atoms with Crippen LogP contribution in [0, 0.1) is 0 Å². The van der Waals surface area contributed by atoms with Gasteiger partial charge >= 0.3 is 0 Å². The van der Waals surface area contributed by atoms with Crippen molar-refractivity contribution >= 4 is 5.91 Å². The van der Waals surface area contributed by atoms with Crippen LogP contribution < -0.4 is 0 Å². The first-order valence-electron chi connectivity index (χ1n) is 7.80. The van der Waals surface area contributed by atoms with Crippen molar-refractivity contribution in [2.45, 2.75) is 37.8 Å². The van der Waals surface area contributed by atoms with Gasteiger partial charge in [0.1, 0.15) is 0 Å². The highest BCUT2D eigenvalue weighted by atomic mass is 16.3. The standard InChI is InChI=1S/C17H24N2O2/c1-18(2)10-15-9-16(20)11-19(15)17(21)14-7-6-12-4-3-5-13(12)8-14/h6-8,15-16,20H,3-5,9-11H2,1-2H3. The lowest BCUT2D eigenvalue weighted by Gasteiger charge is -2.27. The summed E-state index contributed by atoms with van der Waals surface area (Å²) in [6.07, 6.45) is 3.69. The Morgan fingerprint density at radius 3 is 2.86 bits per heavy atom. The number of benzene rings is 1. The maximum absolute atomic E-state index is 12.8. The van der Waals surface area contributed by atoms with E-state index in [2.05, 4.69) is 17.0 Å². The lowest BCUT2D eigenvalue weighted by Crippen LogP contribution is -2.41. The molecule has 1 aliphatic carbocycles. The Kier molecular flexibility index (Phi) is 4.00. The van der Waals surface area contributed by atoms with Gasteiger partial charge in [-0.05, 0) is 63.0 Å². The molecule has 1 amide bonds. The molecule has 1 heterocycles. The molecule has 1 fully saturated rings. The lowest BCUT2D eigenvalue weighted by molar-refractivity contribution is 0.0699. The molecule has 4 heteroatoms. The highest BCUT2D eigenvalue weighted by molar-refractivity contribution is 5.95. The Labute approximate surface area is 126 Å². The number of aliphatic hydroxyl groups is 1. The minimum atomic E-state index is -0.395. The number of rotatable bonds is 3. The zero-order chi connectivity index (χ0) is 15.0. The number of aliphatic hydroxyl groups excluding tert-OH is 1. The average molecular weight is 288 g/mol. The Hall–Kier alpha value is -1.39. The van der Waals surface area contributed by atoms with E-state index >= 15 is 0 Å². The van der Waals surface area contributed by atoms with E-state index in [1.54, 1.807) is 0 Å². The van der Waals surface area contributed by atoms with Gasteiger partial charge in [0, 0.05) is 24.7 Å². The maximum Gasteiger partial charge on any atom is 0.254 e. The molecular weight excluding hydrogens is 264 g/mol. The number of likely N-dealkylation sites (tertiary alicyclic amines) is 1. The number of amides is 1. The molecule has 0 bridgehead atoms. The van der Waals surface area contributed by atoms with E-state index in [1.807, 2.05) is 25.1 Å². The van der Waals surface area contributed by atoms with Crippen molar-refractivity contribution in [1.82, 2.24) is 9.80 Å². The molecule has 21 heavy (non-hydrogen) atoms. The van der Waals surface area contributed by atoms with Crippen molar-refractivity contribution < 1.29 is 9.90 Å². The molecule has 0 saturated carbocycles. The molecule has 2 atom stereocenters. The quantitative estimate of drug-likeness (QED) is 0.912. The van der Waals surface area contributed by atoms with Crippen LogP contribution in [-0.4, -0.2) is 60.1 Å². The third kappa shape index (κ3) is 2.97. The molecule has 1 aliphatic heterocycles. The smallest absolute Gasteiger partial charge is 0.254 e. The fraction of sp³-hybridized carbons (Fsp3) is 0.588. The second-order valence-electron chi connectivity index (χ2n) is 6.60. The number of hydrogen-bond acceptors (Lipinski definition) is 3. The van der Waals surface area contributed by atoms with Crippen LogP contribution in [0.4, 0.5) is 0 Å². The number of aryl methyl sites for hydroxylation is 2. The highest BCUT2D eigenvalue weighted by Crippen LogP contribution is 2.26. The molecule has 1 aromatic rings. The lowest BCUT2D eigenvalue weighted by atomic mass is 10.1. The van der Waals surface area contributed by atoms with Gasteiger partial charge in [-0.1, -0.05) is 6.07 Å². The average Bonchev–Trinajstić information content (AvgIpc) is 3.02. The van der Waals surface area contributed by atoms with Gasteiger partial charge in [0.2, 0.25) is 0 Å². The van der Waals surface area contributed by atoms with Gasteiger partial charge in [0.05, 0.1) is 6.10 Å². The molecule has 0 spiro atoms. The summed E-state index contributed by atoms with van der Waals surface area (Å²) in [6.45, 7) is 1.25. The van der Waals surface area contributed by atoms with Crippen LogP contribution in [0.2, 0.25) is 0 Å². The summed E-state index contributed by atoms with van der Waals surface area (Å²) in [5.41, 5.74) is 3.48. The van der Waals surface area contributed by atoms with Gasteiger partial charge in [-0.3, -0.25) is 4.79 Å². The van der Waals surface area contributed by atoms with Crippen LogP contribution in [0.1, 0.15) is 34.3 Å². The Bertz CT molecular complexity index is 542. The Balaban J connectivity index is 1.80. The van der Waals surface area contributed by atoms with E-state index in [0.717, 1.165) is 24.9 Å². The number of carbonyl (C=O) groups is 1. The van der Waals surface area contributed by atoms with Gasteiger partial charge in [-0.25, -0.2) is 0 Å². The number of likely N-dealkylation sites (N-methyl/N-ethyl adjacent to an activating group) is 1. The second kappa shape index (κ2) is 5.78. The number of β-amino-alcohol motifs (C(OH)–C–C–N with tert-alkyl or cyclic N) is 1. The SMILES string of the molecule is CN(C)CC1CC(O)CN1C(=O)c1ccc2c(c1)CCC2. The summed E-state index contributed by atoms with van der Waals surface area (Å²) >= 11 is 0. The third-order valence-electron chi connectivity index (χ3n) is 4.57. The van der Waals surface area contributed by atoms with Crippen molar-refractivity contribution in [2.75, 3.05) is 27.2 Å². The summed E-state index contributed by atoms with van der Waals surface area (Å²) in [5, 5.41) is 9.92. The molecular formula is C17H24N2O2. The van der Waals surface area contributed by atoms with Crippen molar-refractivity contribution in [3.63, 3.8) is 0 Å². The molecule has 1 saturated heterocycles. The van der Waals surface area contributed by atoms with Gasteiger partial charge in [0.15, 0.2) is 0 Å². The first-order valence-corrected chi connectivity index (χ1v) is 7.80. The summed E-state index contributed by atoms with van der Waals surface area (Å²) in [5.74, 6) is 0.0631. The third-order valence-corrected chi connectivity index (χ3v) is 4.57. The molecule has 2 unspecified atom stereocenters. The van der Waals surface area contributed by atoms with E-state index in [-0.39, 0.29) is 11.9 Å². The molecule has 114 valence electrons. The molecule has 0 aromatic heterocycles. The van der Waals surface area contributed by atoms with E-state index < -0.39 is 6.10 Å². The maximum atomic E-state index is 12.8. The number of fused-ring (bicyclic) bond motifs is 1. The zero-order valence-corrected chi connectivity index (χ0v) is 12.9. The number of hydrogen-bond donors (Lipinski definition) is 1. The van der Waals surface area contributed by atoms with Crippen molar-refractivity contribution in [1.29, 1.82) is 0 Å². The first-order chi connectivity index (χ1) is 10.0. The van der Waals surface area contributed by atoms with Gasteiger partial charge in [0.25, 0.3) is 5.91 Å².